The Morgan fingerprint density at radius 3 is 1.55 bits per heavy atom. The van der Waals surface area contributed by atoms with Gasteiger partial charge in [0.05, 0.1) is 11.1 Å². The molecule has 0 saturated carbocycles. The van der Waals surface area contributed by atoms with Crippen molar-refractivity contribution in [2.24, 2.45) is 0 Å². The molecule has 2 aromatic carbocycles. The van der Waals surface area contributed by atoms with Gasteiger partial charge in [-0.25, -0.2) is 9.59 Å². The minimum absolute atomic E-state index is 0.187. The highest BCUT2D eigenvalue weighted by Gasteiger charge is 2.41. The summed E-state index contributed by atoms with van der Waals surface area (Å²) < 4.78 is 10.6. The van der Waals surface area contributed by atoms with Crippen LogP contribution < -0.4 is 5.32 Å². The molecule has 152 valence electrons. The van der Waals surface area contributed by atoms with Crippen molar-refractivity contribution in [3.05, 3.63) is 71.8 Å². The normalized spacial score (nSPS) is 12.2. The predicted octanol–water partition coefficient (Wildman–Crippen LogP) is 1.27. The van der Waals surface area contributed by atoms with Crippen molar-refractivity contribution >= 4 is 23.8 Å². The Morgan fingerprint density at radius 1 is 0.759 bits per heavy atom. The van der Waals surface area contributed by atoms with Crippen LogP contribution in [0.25, 0.3) is 0 Å². The predicted molar refractivity (Wildman–Crippen MR) is 104 cm³/mol. The van der Waals surface area contributed by atoms with Gasteiger partial charge in [0.15, 0.2) is 0 Å². The van der Waals surface area contributed by atoms with E-state index >= 15 is 0 Å². The molecule has 2 amide bonds. The van der Waals surface area contributed by atoms with Crippen molar-refractivity contribution in [3.63, 3.8) is 0 Å². The Hall–Kier alpha value is -3.68. The monoisotopic (exact) mass is 398 g/mol. The average Bonchev–Trinajstić information content (AvgIpc) is 2.75. The zero-order chi connectivity index (χ0) is 21.4. The highest BCUT2D eigenvalue weighted by Crippen LogP contribution is 2.14. The van der Waals surface area contributed by atoms with Crippen LogP contribution in [-0.4, -0.2) is 62.0 Å². The number of benzene rings is 2. The number of nitrogens with one attached hydrogen (secondary N) is 1. The number of esters is 2. The molecule has 8 nitrogen and oxygen atoms in total. The zero-order valence-corrected chi connectivity index (χ0v) is 16.3. The molecule has 8 heteroatoms. The van der Waals surface area contributed by atoms with Crippen molar-refractivity contribution in [1.82, 2.24) is 10.2 Å². The van der Waals surface area contributed by atoms with E-state index in [1.54, 1.807) is 36.4 Å². The first-order chi connectivity index (χ1) is 13.8. The van der Waals surface area contributed by atoms with Gasteiger partial charge < -0.3 is 19.7 Å². The van der Waals surface area contributed by atoms with Crippen LogP contribution in [0.3, 0.4) is 0 Å². The number of likely N-dealkylation sites (N-methyl/N-ethyl adjacent to an activating group) is 2. The van der Waals surface area contributed by atoms with Crippen LogP contribution in [-0.2, 0) is 19.1 Å². The van der Waals surface area contributed by atoms with E-state index in [-0.39, 0.29) is 11.1 Å². The Bertz CT molecular complexity index is 867. The summed E-state index contributed by atoms with van der Waals surface area (Å²) >= 11 is 0. The second kappa shape index (κ2) is 10.0. The van der Waals surface area contributed by atoms with Crippen molar-refractivity contribution < 1.29 is 28.7 Å². The molecule has 0 aliphatic carbocycles. The van der Waals surface area contributed by atoms with Gasteiger partial charge >= 0.3 is 11.9 Å². The lowest BCUT2D eigenvalue weighted by molar-refractivity contribution is -0.152. The van der Waals surface area contributed by atoms with Gasteiger partial charge in [0, 0.05) is 21.1 Å². The molecular formula is C21H22N2O6. The molecule has 0 aliphatic rings. The van der Waals surface area contributed by atoms with E-state index in [2.05, 4.69) is 5.32 Å². The topological polar surface area (TPSA) is 102 Å². The number of carbonyl (C=O) groups is 4. The lowest BCUT2D eigenvalue weighted by atomic mass is 10.1. The minimum atomic E-state index is -1.67. The third-order valence-corrected chi connectivity index (χ3v) is 3.95. The SMILES string of the molecule is CNC(=O)[C@H](OC(=O)c1ccccc1)[C@@H](OC(=O)c1ccccc1)C(=O)N(C)C. The molecular weight excluding hydrogens is 376 g/mol. The van der Waals surface area contributed by atoms with Crippen molar-refractivity contribution in [2.75, 3.05) is 21.1 Å². The highest BCUT2D eigenvalue weighted by atomic mass is 16.6. The Morgan fingerprint density at radius 2 is 1.17 bits per heavy atom. The lowest BCUT2D eigenvalue weighted by Crippen LogP contribution is -2.52. The quantitative estimate of drug-likeness (QED) is 0.705. The molecule has 0 fully saturated rings. The van der Waals surface area contributed by atoms with E-state index in [0.717, 1.165) is 4.90 Å². The second-order valence-corrected chi connectivity index (χ2v) is 6.23. The summed E-state index contributed by atoms with van der Waals surface area (Å²) in [6.45, 7) is 0. The molecule has 0 aliphatic heterocycles. The maximum absolute atomic E-state index is 12.7. The molecule has 0 saturated heterocycles. The Balaban J connectivity index is 2.34. The molecule has 2 atom stereocenters. The summed E-state index contributed by atoms with van der Waals surface area (Å²) in [6.07, 6.45) is -3.33. The zero-order valence-electron chi connectivity index (χ0n) is 16.3. The van der Waals surface area contributed by atoms with Crippen LogP contribution in [0, 0.1) is 0 Å². The molecule has 29 heavy (non-hydrogen) atoms. The summed E-state index contributed by atoms with van der Waals surface area (Å²) in [7, 11) is 4.19. The average molecular weight is 398 g/mol. The second-order valence-electron chi connectivity index (χ2n) is 6.23. The fraction of sp³-hybridized carbons (Fsp3) is 0.238. The van der Waals surface area contributed by atoms with Crippen molar-refractivity contribution in [1.29, 1.82) is 0 Å². The smallest absolute Gasteiger partial charge is 0.339 e. The van der Waals surface area contributed by atoms with Gasteiger partial charge in [0.1, 0.15) is 0 Å². The van der Waals surface area contributed by atoms with Gasteiger partial charge in [-0.2, -0.15) is 0 Å². The summed E-state index contributed by atoms with van der Waals surface area (Å²) in [6, 6.07) is 16.0. The molecule has 0 aromatic heterocycles. The number of hydrogen-bond donors (Lipinski definition) is 1. The summed E-state index contributed by atoms with van der Waals surface area (Å²) in [4.78, 5) is 51.2. The van der Waals surface area contributed by atoms with E-state index in [1.165, 1.54) is 45.4 Å². The van der Waals surface area contributed by atoms with Gasteiger partial charge in [0.25, 0.3) is 11.8 Å². The number of carbonyl (C=O) groups excluding carboxylic acids is 4. The highest BCUT2D eigenvalue weighted by molar-refractivity contribution is 5.98. The molecule has 0 spiro atoms. The Kier molecular flexibility index (Phi) is 7.47. The van der Waals surface area contributed by atoms with E-state index in [1.807, 2.05) is 0 Å². The molecule has 1 N–H and O–H groups in total. The van der Waals surface area contributed by atoms with Crippen LogP contribution in [0.5, 0.6) is 0 Å². The number of hydrogen-bond acceptors (Lipinski definition) is 6. The van der Waals surface area contributed by atoms with Crippen molar-refractivity contribution in [3.8, 4) is 0 Å². The van der Waals surface area contributed by atoms with Crippen LogP contribution >= 0.6 is 0 Å². The maximum Gasteiger partial charge on any atom is 0.339 e. The van der Waals surface area contributed by atoms with E-state index in [4.69, 9.17) is 9.47 Å². The largest absolute Gasteiger partial charge is 0.444 e. The van der Waals surface area contributed by atoms with E-state index in [9.17, 15) is 19.2 Å². The first kappa shape index (κ1) is 21.6. The molecule has 0 radical (unpaired) electrons. The van der Waals surface area contributed by atoms with Gasteiger partial charge in [-0.3, -0.25) is 9.59 Å². The number of rotatable bonds is 7. The standard InChI is InChI=1S/C21H22N2O6/c1-22-18(24)16(28-20(26)14-10-6-4-7-11-14)17(19(25)23(2)3)29-21(27)15-12-8-5-9-13-15/h4-13,16-17H,1-3H3,(H,22,24)/t16-,17-/m1/s1. The summed E-state index contributed by atoms with van der Waals surface area (Å²) in [5.74, 6) is -3.14. The first-order valence-electron chi connectivity index (χ1n) is 8.80. The van der Waals surface area contributed by atoms with Gasteiger partial charge in [0.2, 0.25) is 12.2 Å². The van der Waals surface area contributed by atoms with Crippen LogP contribution in [0.4, 0.5) is 0 Å². The molecule has 0 bridgehead atoms. The van der Waals surface area contributed by atoms with Gasteiger partial charge in [-0.05, 0) is 24.3 Å². The van der Waals surface area contributed by atoms with E-state index in [0.29, 0.717) is 0 Å². The molecule has 2 aromatic rings. The van der Waals surface area contributed by atoms with Crippen LogP contribution in [0.2, 0.25) is 0 Å². The van der Waals surface area contributed by atoms with Crippen LogP contribution in [0.1, 0.15) is 20.7 Å². The summed E-state index contributed by atoms with van der Waals surface area (Å²) in [5.41, 5.74) is 0.376. The lowest BCUT2D eigenvalue weighted by Gasteiger charge is -2.27. The maximum atomic E-state index is 12.7. The van der Waals surface area contributed by atoms with Crippen molar-refractivity contribution in [2.45, 2.75) is 12.2 Å². The van der Waals surface area contributed by atoms with Crippen LogP contribution in [0.15, 0.2) is 60.7 Å². The minimum Gasteiger partial charge on any atom is -0.444 e. The molecule has 0 heterocycles. The summed E-state index contributed by atoms with van der Waals surface area (Å²) in [5, 5.41) is 2.33. The molecule has 2 rings (SSSR count). The van der Waals surface area contributed by atoms with Gasteiger partial charge in [-0.1, -0.05) is 36.4 Å². The number of ether oxygens (including phenoxy) is 2. The number of amides is 2. The number of nitrogens with zero attached hydrogens (tertiary/aromatic N) is 1. The third-order valence-electron chi connectivity index (χ3n) is 3.95. The molecule has 0 unspecified atom stereocenters. The fourth-order valence-electron chi connectivity index (χ4n) is 2.41. The Labute approximate surface area is 168 Å². The third kappa shape index (κ3) is 5.65. The van der Waals surface area contributed by atoms with E-state index < -0.39 is 36.0 Å². The first-order valence-corrected chi connectivity index (χ1v) is 8.80. The fourth-order valence-corrected chi connectivity index (χ4v) is 2.41. The van der Waals surface area contributed by atoms with Gasteiger partial charge in [-0.15, -0.1) is 0 Å².